The summed E-state index contributed by atoms with van der Waals surface area (Å²) in [5.41, 5.74) is 0.348. The lowest BCUT2D eigenvalue weighted by atomic mass is 10.1. The van der Waals surface area contributed by atoms with Gasteiger partial charge in [0, 0.05) is 37.9 Å². The Labute approximate surface area is 229 Å². The Hall–Kier alpha value is -4.06. The predicted octanol–water partition coefficient (Wildman–Crippen LogP) is 3.54. The van der Waals surface area contributed by atoms with E-state index in [1.165, 1.54) is 36.2 Å². The van der Waals surface area contributed by atoms with Crippen LogP contribution < -0.4 is 4.90 Å². The topological polar surface area (TPSA) is 171 Å². The van der Waals surface area contributed by atoms with Crippen LogP contribution in [0.2, 0.25) is 0 Å². The van der Waals surface area contributed by atoms with Gasteiger partial charge in [0.15, 0.2) is 10.1 Å². The Balaban J connectivity index is 1.76. The number of carboxylic acid groups (broad SMARTS) is 1. The van der Waals surface area contributed by atoms with Crippen LogP contribution in [0.1, 0.15) is 34.3 Å². The number of carboxylic acids is 1. The fourth-order valence-corrected chi connectivity index (χ4v) is 6.42. The van der Waals surface area contributed by atoms with E-state index in [2.05, 4.69) is 9.97 Å². The molecular weight excluding hydrogens is 544 g/mol. The van der Waals surface area contributed by atoms with E-state index in [1.54, 1.807) is 35.4 Å². The van der Waals surface area contributed by atoms with Gasteiger partial charge in [-0.2, -0.15) is 9.57 Å². The largest absolute Gasteiger partial charge is 0.477 e. The number of benzene rings is 2. The van der Waals surface area contributed by atoms with Crippen LogP contribution in [-0.2, 0) is 16.6 Å². The minimum Gasteiger partial charge on any atom is -0.477 e. The van der Waals surface area contributed by atoms with Gasteiger partial charge in [-0.3, -0.25) is 10.1 Å². The Bertz CT molecular complexity index is 1540. The van der Waals surface area contributed by atoms with Crippen molar-refractivity contribution in [2.24, 2.45) is 0 Å². The number of anilines is 1. The number of thioether (sulfide) groups is 1. The lowest BCUT2D eigenvalue weighted by Crippen LogP contribution is -2.43. The zero-order valence-electron chi connectivity index (χ0n) is 20.8. The van der Waals surface area contributed by atoms with Crippen LogP contribution in [0.5, 0.6) is 0 Å². The van der Waals surface area contributed by atoms with Crippen LogP contribution in [0.3, 0.4) is 0 Å². The second kappa shape index (κ2) is 11.8. The molecule has 1 saturated heterocycles. The minimum absolute atomic E-state index is 0.0773. The van der Waals surface area contributed by atoms with Crippen molar-refractivity contribution >= 4 is 39.3 Å². The van der Waals surface area contributed by atoms with Gasteiger partial charge in [-0.25, -0.2) is 23.2 Å². The summed E-state index contributed by atoms with van der Waals surface area (Å²) in [4.78, 5) is 32.7. The first-order chi connectivity index (χ1) is 18.6. The van der Waals surface area contributed by atoms with Crippen molar-refractivity contribution in [3.63, 3.8) is 0 Å². The average molecular weight is 569 g/mol. The van der Waals surface area contributed by atoms with Crippen molar-refractivity contribution in [3.05, 3.63) is 81.5 Å². The van der Waals surface area contributed by atoms with Crippen LogP contribution in [0.4, 0.5) is 11.5 Å². The molecule has 0 bridgehead atoms. The van der Waals surface area contributed by atoms with E-state index in [9.17, 15) is 28.4 Å². The summed E-state index contributed by atoms with van der Waals surface area (Å²) in [7, 11) is -4.38. The van der Waals surface area contributed by atoms with Gasteiger partial charge >= 0.3 is 5.97 Å². The molecule has 2 heterocycles. The molecule has 39 heavy (non-hydrogen) atoms. The van der Waals surface area contributed by atoms with Gasteiger partial charge < -0.3 is 10.0 Å². The molecule has 3 aromatic rings. The SMILES string of the molecule is CSc1ncc(C(=O)O)c(N2CCCC2CN(Cc2ccc(C#N)cc2)S(=O)(=O)c2ccccc2[N+](=O)[O-])n1. The van der Waals surface area contributed by atoms with Gasteiger partial charge in [-0.1, -0.05) is 36.0 Å². The molecule has 2 aromatic carbocycles. The molecule has 1 aromatic heterocycles. The highest BCUT2D eigenvalue weighted by molar-refractivity contribution is 7.98. The highest BCUT2D eigenvalue weighted by atomic mass is 32.2. The summed E-state index contributed by atoms with van der Waals surface area (Å²) in [5.74, 6) is -1.00. The standard InChI is InChI=1S/C25H24N6O6S2/c1-38-25-27-14-20(24(32)33)23(28-25)30-12-4-5-19(30)16-29(15-18-10-8-17(13-26)9-11-18)39(36,37)22-7-3-2-6-21(22)31(34)35/h2-3,6-11,14,19H,4-5,12,15-16H2,1H3,(H,32,33). The Kier molecular flexibility index (Phi) is 8.44. The van der Waals surface area contributed by atoms with Gasteiger partial charge in [0.25, 0.3) is 5.69 Å². The molecule has 0 aliphatic carbocycles. The summed E-state index contributed by atoms with van der Waals surface area (Å²) < 4.78 is 29.0. The Morgan fingerprint density at radius 1 is 1.28 bits per heavy atom. The number of hydrogen-bond acceptors (Lipinski definition) is 10. The van der Waals surface area contributed by atoms with Crippen molar-refractivity contribution in [2.75, 3.05) is 24.2 Å². The normalized spacial score (nSPS) is 15.3. The fourth-order valence-electron chi connectivity index (χ4n) is 4.47. The maximum absolute atomic E-state index is 13.9. The quantitative estimate of drug-likeness (QED) is 0.164. The van der Waals surface area contributed by atoms with E-state index < -0.39 is 37.5 Å². The zero-order valence-corrected chi connectivity index (χ0v) is 22.4. The van der Waals surface area contributed by atoms with E-state index in [4.69, 9.17) is 5.26 Å². The van der Waals surface area contributed by atoms with Crippen molar-refractivity contribution in [3.8, 4) is 6.07 Å². The summed E-state index contributed by atoms with van der Waals surface area (Å²) in [6.07, 6.45) is 4.22. The van der Waals surface area contributed by atoms with Crippen LogP contribution in [-0.4, -0.2) is 64.1 Å². The molecule has 0 radical (unpaired) electrons. The molecule has 1 aliphatic heterocycles. The highest BCUT2D eigenvalue weighted by Gasteiger charge is 2.37. The number of carbonyl (C=O) groups is 1. The first-order valence-corrected chi connectivity index (χ1v) is 14.5. The van der Waals surface area contributed by atoms with Crippen LogP contribution in [0, 0.1) is 21.4 Å². The molecule has 12 nitrogen and oxygen atoms in total. The average Bonchev–Trinajstić information content (AvgIpc) is 3.40. The van der Waals surface area contributed by atoms with Gasteiger partial charge in [0.2, 0.25) is 10.0 Å². The van der Waals surface area contributed by atoms with E-state index in [-0.39, 0.29) is 24.5 Å². The third-order valence-corrected chi connectivity index (χ3v) is 8.77. The van der Waals surface area contributed by atoms with Gasteiger partial charge in [-0.15, -0.1) is 0 Å². The molecule has 1 atom stereocenters. The van der Waals surface area contributed by atoms with Crippen molar-refractivity contribution in [2.45, 2.75) is 35.5 Å². The number of aromatic carboxylic acids is 1. The predicted molar refractivity (Wildman–Crippen MR) is 143 cm³/mol. The Morgan fingerprint density at radius 3 is 2.64 bits per heavy atom. The summed E-state index contributed by atoms with van der Waals surface area (Å²) in [5, 5.41) is 30.9. The number of rotatable bonds is 10. The summed E-state index contributed by atoms with van der Waals surface area (Å²) >= 11 is 1.25. The molecule has 0 spiro atoms. The van der Waals surface area contributed by atoms with Crippen molar-refractivity contribution in [1.82, 2.24) is 14.3 Å². The lowest BCUT2D eigenvalue weighted by Gasteiger charge is -2.31. The van der Waals surface area contributed by atoms with Crippen LogP contribution in [0.25, 0.3) is 0 Å². The molecule has 1 N–H and O–H groups in total. The van der Waals surface area contributed by atoms with Crippen molar-refractivity contribution < 1.29 is 23.2 Å². The third kappa shape index (κ3) is 6.00. The highest BCUT2D eigenvalue weighted by Crippen LogP contribution is 2.32. The van der Waals surface area contributed by atoms with Crippen LogP contribution in [0.15, 0.2) is 64.8 Å². The minimum atomic E-state index is -4.38. The number of sulfonamides is 1. The first-order valence-electron chi connectivity index (χ1n) is 11.8. The lowest BCUT2D eigenvalue weighted by molar-refractivity contribution is -0.387. The van der Waals surface area contributed by atoms with E-state index in [0.29, 0.717) is 35.7 Å². The molecule has 4 rings (SSSR count). The molecule has 1 aliphatic rings. The number of nitriles is 1. The molecule has 202 valence electrons. The van der Waals surface area contributed by atoms with E-state index in [0.717, 1.165) is 10.4 Å². The van der Waals surface area contributed by atoms with E-state index in [1.807, 2.05) is 6.07 Å². The van der Waals surface area contributed by atoms with Gasteiger partial charge in [-0.05, 0) is 42.9 Å². The zero-order chi connectivity index (χ0) is 28.2. The number of nitro groups is 1. The molecular formula is C25H24N6O6S2. The second-order valence-electron chi connectivity index (χ2n) is 8.72. The molecule has 0 amide bonds. The van der Waals surface area contributed by atoms with Crippen molar-refractivity contribution in [1.29, 1.82) is 5.26 Å². The second-order valence-corrected chi connectivity index (χ2v) is 11.4. The number of hydrogen-bond donors (Lipinski definition) is 1. The van der Waals surface area contributed by atoms with Gasteiger partial charge in [0.05, 0.1) is 16.6 Å². The third-order valence-electron chi connectivity index (χ3n) is 6.34. The number of para-hydroxylation sites is 1. The fraction of sp³-hybridized carbons (Fsp3) is 0.280. The van der Waals surface area contributed by atoms with Gasteiger partial charge in [0.1, 0.15) is 11.4 Å². The number of aromatic nitrogens is 2. The smallest absolute Gasteiger partial charge is 0.341 e. The van der Waals surface area contributed by atoms with Crippen LogP contribution >= 0.6 is 11.8 Å². The van der Waals surface area contributed by atoms with E-state index >= 15 is 0 Å². The molecule has 1 unspecified atom stereocenters. The first kappa shape index (κ1) is 28.0. The maximum atomic E-state index is 13.9. The molecule has 14 heteroatoms. The molecule has 0 saturated carbocycles. The summed E-state index contributed by atoms with van der Waals surface area (Å²) in [6, 6.07) is 13.1. The number of nitro benzene ring substituents is 1. The summed E-state index contributed by atoms with van der Waals surface area (Å²) in [6.45, 7) is 0.258. The monoisotopic (exact) mass is 568 g/mol. The molecule has 1 fully saturated rings. The number of nitrogens with zero attached hydrogens (tertiary/aromatic N) is 6. The maximum Gasteiger partial charge on any atom is 0.341 e. The Morgan fingerprint density at radius 2 is 2.00 bits per heavy atom.